The van der Waals surface area contributed by atoms with E-state index in [-0.39, 0.29) is 25.5 Å². The van der Waals surface area contributed by atoms with Crippen LogP contribution in [-0.4, -0.2) is 42.8 Å². The molecule has 1 aliphatic heterocycles. The lowest BCUT2D eigenvalue weighted by Gasteiger charge is -2.32. The molecule has 1 unspecified atom stereocenters. The van der Waals surface area contributed by atoms with Crippen LogP contribution in [0.15, 0.2) is 18.2 Å². The molecule has 0 spiro atoms. The van der Waals surface area contributed by atoms with Gasteiger partial charge in [0, 0.05) is 25.3 Å². The summed E-state index contributed by atoms with van der Waals surface area (Å²) in [6.45, 7) is 1.73. The van der Waals surface area contributed by atoms with Crippen molar-refractivity contribution in [1.82, 2.24) is 0 Å². The highest BCUT2D eigenvalue weighted by atomic mass is 16.5. The number of hydrogen-bond donors (Lipinski definition) is 2. The molecule has 2 N–H and O–H groups in total. The minimum atomic E-state index is -1.03. The molecule has 1 aliphatic rings. The average Bonchev–Trinajstić information content (AvgIpc) is 2.50. The Morgan fingerprint density at radius 3 is 2.78 bits per heavy atom. The third-order valence-corrected chi connectivity index (χ3v) is 3.28. The van der Waals surface area contributed by atoms with E-state index in [1.165, 1.54) is 12.0 Å². The zero-order chi connectivity index (χ0) is 17.0. The first-order valence-corrected chi connectivity index (χ1v) is 7.05. The highest BCUT2D eigenvalue weighted by molar-refractivity contribution is 6.00. The second kappa shape index (κ2) is 7.10. The van der Waals surface area contributed by atoms with Gasteiger partial charge in [-0.1, -0.05) is 0 Å². The van der Waals surface area contributed by atoms with Crippen molar-refractivity contribution in [2.45, 2.75) is 25.9 Å². The fraction of sp³-hybridized carbons (Fsp3) is 0.400. The van der Waals surface area contributed by atoms with Gasteiger partial charge in [-0.2, -0.15) is 0 Å². The molecule has 2 amide bonds. The number of fused-ring (bicyclic) bond motifs is 1. The number of methoxy groups -OCH3 is 1. The molecule has 1 heterocycles. The number of carboxylic acids is 1. The predicted molar refractivity (Wildman–Crippen MR) is 81.4 cm³/mol. The van der Waals surface area contributed by atoms with E-state index in [1.807, 2.05) is 0 Å². The Morgan fingerprint density at radius 1 is 1.39 bits per heavy atom. The number of nitrogens with one attached hydrogen (secondary N) is 1. The number of anilines is 2. The van der Waals surface area contributed by atoms with Crippen LogP contribution in [0.4, 0.5) is 11.4 Å². The summed E-state index contributed by atoms with van der Waals surface area (Å²) < 4.78 is 10.6. The molecule has 0 radical (unpaired) electrons. The first kappa shape index (κ1) is 16.8. The van der Waals surface area contributed by atoms with Crippen LogP contribution in [0.1, 0.15) is 19.8 Å². The van der Waals surface area contributed by atoms with Crippen LogP contribution in [0.2, 0.25) is 0 Å². The van der Waals surface area contributed by atoms with E-state index in [4.69, 9.17) is 14.6 Å². The first-order valence-electron chi connectivity index (χ1n) is 7.05. The van der Waals surface area contributed by atoms with Crippen molar-refractivity contribution in [3.8, 4) is 5.75 Å². The molecular weight excluding hydrogens is 304 g/mol. The summed E-state index contributed by atoms with van der Waals surface area (Å²) in [6, 6.07) is 4.86. The van der Waals surface area contributed by atoms with Crippen LogP contribution in [0.25, 0.3) is 0 Å². The molecule has 1 aromatic carbocycles. The maximum absolute atomic E-state index is 12.1. The van der Waals surface area contributed by atoms with Crippen molar-refractivity contribution in [3.63, 3.8) is 0 Å². The second-order valence-electron chi connectivity index (χ2n) is 5.07. The van der Waals surface area contributed by atoms with E-state index in [0.717, 1.165) is 0 Å². The molecule has 8 heteroatoms. The van der Waals surface area contributed by atoms with Gasteiger partial charge in [-0.05, 0) is 19.1 Å². The SMILES string of the molecule is COCN1C(=O)C(C)Oc2cc(NC(=O)CCC(=O)O)ccc21. The van der Waals surface area contributed by atoms with Gasteiger partial charge in [-0.25, -0.2) is 0 Å². The molecule has 0 fully saturated rings. The van der Waals surface area contributed by atoms with Gasteiger partial charge in [0.05, 0.1) is 12.1 Å². The lowest BCUT2D eigenvalue weighted by Crippen LogP contribution is -2.45. The van der Waals surface area contributed by atoms with E-state index < -0.39 is 18.0 Å². The van der Waals surface area contributed by atoms with Crippen molar-refractivity contribution < 1.29 is 29.0 Å². The quantitative estimate of drug-likeness (QED) is 0.815. The number of benzene rings is 1. The van der Waals surface area contributed by atoms with E-state index in [2.05, 4.69) is 5.32 Å². The Kier molecular flexibility index (Phi) is 5.17. The van der Waals surface area contributed by atoms with Gasteiger partial charge < -0.3 is 19.9 Å². The van der Waals surface area contributed by atoms with Crippen LogP contribution < -0.4 is 15.0 Å². The molecule has 0 aromatic heterocycles. The monoisotopic (exact) mass is 322 g/mol. The van der Waals surface area contributed by atoms with Crippen LogP contribution in [0.3, 0.4) is 0 Å². The van der Waals surface area contributed by atoms with Gasteiger partial charge in [0.25, 0.3) is 5.91 Å². The maximum Gasteiger partial charge on any atom is 0.303 e. The van der Waals surface area contributed by atoms with Crippen LogP contribution in [0, 0.1) is 0 Å². The Bertz CT molecular complexity index is 630. The van der Waals surface area contributed by atoms with Crippen molar-refractivity contribution in [1.29, 1.82) is 0 Å². The molecule has 0 aliphatic carbocycles. The number of carbonyl (C=O) groups excluding carboxylic acids is 2. The number of carboxylic acid groups (broad SMARTS) is 1. The number of ether oxygens (including phenoxy) is 2. The van der Waals surface area contributed by atoms with Gasteiger partial charge in [-0.15, -0.1) is 0 Å². The van der Waals surface area contributed by atoms with Gasteiger partial charge in [-0.3, -0.25) is 19.3 Å². The summed E-state index contributed by atoms with van der Waals surface area (Å²) in [5.74, 6) is -1.19. The number of carbonyl (C=O) groups is 3. The lowest BCUT2D eigenvalue weighted by atomic mass is 10.1. The summed E-state index contributed by atoms with van der Waals surface area (Å²) in [6.07, 6.45) is -1.01. The summed E-state index contributed by atoms with van der Waals surface area (Å²) in [7, 11) is 1.49. The lowest BCUT2D eigenvalue weighted by molar-refractivity contribution is -0.138. The Balaban J connectivity index is 2.15. The molecule has 0 saturated heterocycles. The van der Waals surface area contributed by atoms with Crippen molar-refractivity contribution in [3.05, 3.63) is 18.2 Å². The third kappa shape index (κ3) is 3.98. The standard InChI is InChI=1S/C15H18N2O6/c1-9-15(21)17(8-22-2)11-4-3-10(7-12(11)23-9)16-13(18)5-6-14(19)20/h3-4,7,9H,5-6,8H2,1-2H3,(H,16,18)(H,19,20). The van der Waals surface area contributed by atoms with E-state index in [0.29, 0.717) is 17.1 Å². The van der Waals surface area contributed by atoms with E-state index in [1.54, 1.807) is 25.1 Å². The number of aliphatic carboxylic acids is 1. The predicted octanol–water partition coefficient (Wildman–Crippen LogP) is 1.21. The highest BCUT2D eigenvalue weighted by Crippen LogP contribution is 2.36. The van der Waals surface area contributed by atoms with Crippen molar-refractivity contribution in [2.24, 2.45) is 0 Å². The third-order valence-electron chi connectivity index (χ3n) is 3.28. The fourth-order valence-corrected chi connectivity index (χ4v) is 2.19. The van der Waals surface area contributed by atoms with Gasteiger partial charge in [0.2, 0.25) is 5.91 Å². The summed E-state index contributed by atoms with van der Waals surface area (Å²) >= 11 is 0. The second-order valence-corrected chi connectivity index (χ2v) is 5.07. The number of nitrogens with zero attached hydrogens (tertiary/aromatic N) is 1. The van der Waals surface area contributed by atoms with Gasteiger partial charge in [0.15, 0.2) is 6.10 Å². The van der Waals surface area contributed by atoms with Gasteiger partial charge >= 0.3 is 5.97 Å². The minimum Gasteiger partial charge on any atom is -0.481 e. The normalized spacial score (nSPS) is 16.5. The Hall–Kier alpha value is -2.61. The molecule has 1 aromatic rings. The topological polar surface area (TPSA) is 105 Å². The largest absolute Gasteiger partial charge is 0.481 e. The van der Waals surface area contributed by atoms with E-state index in [9.17, 15) is 14.4 Å². The Morgan fingerprint density at radius 2 is 2.13 bits per heavy atom. The zero-order valence-electron chi connectivity index (χ0n) is 12.9. The van der Waals surface area contributed by atoms with Crippen molar-refractivity contribution >= 4 is 29.2 Å². The van der Waals surface area contributed by atoms with Crippen molar-refractivity contribution in [2.75, 3.05) is 24.1 Å². The summed E-state index contributed by atoms with van der Waals surface area (Å²) in [5, 5.41) is 11.2. The highest BCUT2D eigenvalue weighted by Gasteiger charge is 2.31. The van der Waals surface area contributed by atoms with Crippen LogP contribution in [0.5, 0.6) is 5.75 Å². The molecule has 8 nitrogen and oxygen atoms in total. The molecule has 23 heavy (non-hydrogen) atoms. The molecular formula is C15H18N2O6. The maximum atomic E-state index is 12.1. The zero-order valence-corrected chi connectivity index (χ0v) is 12.9. The molecule has 0 saturated carbocycles. The summed E-state index contributed by atoms with van der Waals surface area (Å²) in [5.41, 5.74) is 1.02. The molecule has 2 rings (SSSR count). The fourth-order valence-electron chi connectivity index (χ4n) is 2.19. The number of hydrogen-bond acceptors (Lipinski definition) is 5. The van der Waals surface area contributed by atoms with Gasteiger partial charge in [0.1, 0.15) is 12.5 Å². The number of amides is 2. The molecule has 124 valence electrons. The van der Waals surface area contributed by atoms with E-state index >= 15 is 0 Å². The van der Waals surface area contributed by atoms with Crippen LogP contribution in [-0.2, 0) is 19.1 Å². The smallest absolute Gasteiger partial charge is 0.303 e. The molecule has 1 atom stereocenters. The average molecular weight is 322 g/mol. The first-order chi connectivity index (χ1) is 10.9. The summed E-state index contributed by atoms with van der Waals surface area (Å²) in [4.78, 5) is 35.7. The minimum absolute atomic E-state index is 0.101. The number of rotatable bonds is 6. The molecule has 0 bridgehead atoms. The Labute approximate surface area is 133 Å². The van der Waals surface area contributed by atoms with Crippen LogP contribution >= 0.6 is 0 Å².